The van der Waals surface area contributed by atoms with Gasteiger partial charge in [-0.1, -0.05) is 54.6 Å². The van der Waals surface area contributed by atoms with Crippen molar-refractivity contribution in [1.82, 2.24) is 4.90 Å². The molecule has 35 heavy (non-hydrogen) atoms. The summed E-state index contributed by atoms with van der Waals surface area (Å²) in [7, 11) is 0. The lowest BCUT2D eigenvalue weighted by Crippen LogP contribution is -2.57. The van der Waals surface area contributed by atoms with Crippen LogP contribution in [-0.2, 0) is 25.6 Å². The predicted molar refractivity (Wildman–Crippen MR) is 126 cm³/mol. The Balaban J connectivity index is 1.77. The number of aliphatic carboxylic acids is 1. The summed E-state index contributed by atoms with van der Waals surface area (Å²) in [5.74, 6) is -2.98. The lowest BCUT2D eigenvalue weighted by molar-refractivity contribution is -0.158. The van der Waals surface area contributed by atoms with Crippen LogP contribution >= 0.6 is 0 Å². The predicted octanol–water partition coefficient (Wildman–Crippen LogP) is 2.97. The molecule has 0 bridgehead atoms. The van der Waals surface area contributed by atoms with Gasteiger partial charge in [-0.3, -0.25) is 19.3 Å². The van der Waals surface area contributed by atoms with Crippen molar-refractivity contribution in [3.05, 3.63) is 72.3 Å². The first kappa shape index (κ1) is 23.9. The summed E-state index contributed by atoms with van der Waals surface area (Å²) in [6.07, 6.45) is -1.78. The molecular formula is C26H23FN2O6. The Kier molecular flexibility index (Phi) is 7.05. The van der Waals surface area contributed by atoms with Gasteiger partial charge in [-0.25, -0.2) is 9.18 Å². The first-order valence-electron chi connectivity index (χ1n) is 11.0. The van der Waals surface area contributed by atoms with E-state index in [0.29, 0.717) is 28.9 Å². The van der Waals surface area contributed by atoms with Gasteiger partial charge in [0.15, 0.2) is 5.78 Å². The van der Waals surface area contributed by atoms with Gasteiger partial charge in [-0.15, -0.1) is 0 Å². The van der Waals surface area contributed by atoms with E-state index >= 15 is 0 Å². The van der Waals surface area contributed by atoms with Gasteiger partial charge < -0.3 is 14.7 Å². The lowest BCUT2D eigenvalue weighted by Gasteiger charge is -2.34. The van der Waals surface area contributed by atoms with Crippen LogP contribution in [-0.4, -0.2) is 59.6 Å². The number of ether oxygens (including phenoxy) is 1. The largest absolute Gasteiger partial charge is 0.480 e. The summed E-state index contributed by atoms with van der Waals surface area (Å²) in [6, 6.07) is 17.8. The van der Waals surface area contributed by atoms with Crippen LogP contribution in [0.3, 0.4) is 0 Å². The molecule has 1 aliphatic heterocycles. The monoisotopic (exact) mass is 478 g/mol. The second-order valence-electron chi connectivity index (χ2n) is 8.10. The number of Topliss-reactive ketones (excluding diaryl/α,β-unsaturated/α-hetero) is 1. The first-order chi connectivity index (χ1) is 16.9. The zero-order valence-electron chi connectivity index (χ0n) is 18.7. The molecule has 3 aromatic carbocycles. The zero-order valence-corrected chi connectivity index (χ0v) is 18.7. The molecule has 8 nitrogen and oxygen atoms in total. The van der Waals surface area contributed by atoms with Crippen molar-refractivity contribution in [2.75, 3.05) is 18.1 Å². The minimum absolute atomic E-state index is 0.153. The highest BCUT2D eigenvalue weighted by molar-refractivity contribution is 6.00. The molecule has 3 aromatic rings. The van der Waals surface area contributed by atoms with E-state index in [1.54, 1.807) is 36.4 Å². The van der Waals surface area contributed by atoms with Crippen molar-refractivity contribution >= 4 is 40.5 Å². The number of carbonyl (C=O) groups is 4. The Morgan fingerprint density at radius 2 is 1.77 bits per heavy atom. The highest BCUT2D eigenvalue weighted by atomic mass is 19.1. The maximum Gasteiger partial charge on any atom is 0.327 e. The second kappa shape index (κ2) is 10.3. The molecular weight excluding hydrogens is 455 g/mol. The highest BCUT2D eigenvalue weighted by Crippen LogP contribution is 2.31. The lowest BCUT2D eigenvalue weighted by atomic mass is 10.1. The number of alkyl halides is 1. The van der Waals surface area contributed by atoms with E-state index in [1.165, 1.54) is 4.90 Å². The number of amides is 2. The number of para-hydroxylation sites is 1. The fourth-order valence-electron chi connectivity index (χ4n) is 4.24. The number of halogens is 1. The van der Waals surface area contributed by atoms with Crippen LogP contribution in [0.1, 0.15) is 12.0 Å². The van der Waals surface area contributed by atoms with E-state index in [2.05, 4.69) is 0 Å². The number of carboxylic acid groups (broad SMARTS) is 1. The summed E-state index contributed by atoms with van der Waals surface area (Å²) in [4.78, 5) is 51.8. The fourth-order valence-corrected chi connectivity index (χ4v) is 4.24. The average Bonchev–Trinajstić information content (AvgIpc) is 3.31. The number of hydrogen-bond acceptors (Lipinski definition) is 5. The molecule has 9 heteroatoms. The summed E-state index contributed by atoms with van der Waals surface area (Å²) in [5, 5.41) is 11.2. The molecule has 0 saturated carbocycles. The molecule has 0 radical (unpaired) electrons. The van der Waals surface area contributed by atoms with Gasteiger partial charge in [0, 0.05) is 24.0 Å². The number of benzene rings is 3. The van der Waals surface area contributed by atoms with Crippen molar-refractivity contribution in [2.24, 2.45) is 0 Å². The van der Waals surface area contributed by atoms with Crippen LogP contribution in [0.4, 0.5) is 10.1 Å². The minimum atomic E-state index is -1.79. The highest BCUT2D eigenvalue weighted by Gasteiger charge is 2.41. The number of hydrogen-bond donors (Lipinski definition) is 1. The minimum Gasteiger partial charge on any atom is -0.480 e. The Morgan fingerprint density at radius 3 is 2.51 bits per heavy atom. The van der Waals surface area contributed by atoms with Crippen LogP contribution in [0.15, 0.2) is 66.7 Å². The number of carboxylic acids is 1. The van der Waals surface area contributed by atoms with Crippen molar-refractivity contribution in [2.45, 2.75) is 25.1 Å². The number of anilines is 1. The van der Waals surface area contributed by atoms with Gasteiger partial charge in [0.05, 0.1) is 0 Å². The number of carbonyl (C=O) groups excluding carboxylic acids is 3. The molecule has 2 atom stereocenters. The van der Waals surface area contributed by atoms with Crippen LogP contribution in [0, 0.1) is 0 Å². The second-order valence-corrected chi connectivity index (χ2v) is 8.10. The fraction of sp³-hybridized carbons (Fsp3) is 0.231. The number of nitrogens with zero attached hydrogens (tertiary/aromatic N) is 2. The van der Waals surface area contributed by atoms with E-state index in [9.17, 15) is 28.7 Å². The topological polar surface area (TPSA) is 104 Å². The van der Waals surface area contributed by atoms with Crippen molar-refractivity contribution in [3.63, 3.8) is 0 Å². The van der Waals surface area contributed by atoms with Crippen molar-refractivity contribution in [3.8, 4) is 5.75 Å². The van der Waals surface area contributed by atoms with Crippen LogP contribution in [0.5, 0.6) is 5.75 Å². The maximum atomic E-state index is 13.8. The average molecular weight is 478 g/mol. The Labute approximate surface area is 200 Å². The number of rotatable bonds is 10. The summed E-state index contributed by atoms with van der Waals surface area (Å²) in [6.45, 7) is -1.08. The van der Waals surface area contributed by atoms with Crippen LogP contribution in [0.2, 0.25) is 0 Å². The molecule has 0 aliphatic carbocycles. The molecule has 1 unspecified atom stereocenters. The molecule has 2 amide bonds. The third kappa shape index (κ3) is 4.84. The molecule has 0 aromatic heterocycles. The van der Waals surface area contributed by atoms with E-state index in [-0.39, 0.29) is 12.2 Å². The van der Waals surface area contributed by atoms with Gasteiger partial charge in [0.2, 0.25) is 6.41 Å². The maximum absolute atomic E-state index is 13.8. The third-order valence-electron chi connectivity index (χ3n) is 5.96. The molecule has 1 N–H and O–H groups in total. The molecule has 0 saturated heterocycles. The van der Waals surface area contributed by atoms with Gasteiger partial charge in [0.25, 0.3) is 12.1 Å². The summed E-state index contributed by atoms with van der Waals surface area (Å²) >= 11 is 0. The number of ketones is 1. The molecule has 4 rings (SSSR count). The van der Waals surface area contributed by atoms with E-state index in [1.807, 2.05) is 30.3 Å². The number of fused-ring (bicyclic) bond motifs is 2. The van der Waals surface area contributed by atoms with Gasteiger partial charge in [0.1, 0.15) is 18.5 Å². The third-order valence-corrected chi connectivity index (χ3v) is 5.96. The molecule has 0 fully saturated rings. The summed E-state index contributed by atoms with van der Waals surface area (Å²) < 4.78 is 19.0. The first-order valence-corrected chi connectivity index (χ1v) is 11.0. The molecule has 1 aliphatic rings. The van der Waals surface area contributed by atoms with Gasteiger partial charge in [-0.05, 0) is 29.5 Å². The van der Waals surface area contributed by atoms with Gasteiger partial charge in [-0.2, -0.15) is 0 Å². The van der Waals surface area contributed by atoms with Gasteiger partial charge >= 0.3 is 5.97 Å². The smallest absolute Gasteiger partial charge is 0.327 e. The Morgan fingerprint density at radius 1 is 1.06 bits per heavy atom. The molecule has 1 heterocycles. The normalized spacial score (nSPS) is 14.1. The standard InChI is InChI=1S/C26H23FN2O6/c27-15-19(31)14-22(26(33)34)29(16-30)25(24(32)28-13-12-18-7-2-4-10-21(18)28)35-23-11-5-8-17-6-1-3-9-20(17)23/h1-11,16,22,25H,12-15H2,(H,33,34)/t22?,25-/m0/s1. The van der Waals surface area contributed by atoms with Crippen molar-refractivity contribution < 1.29 is 33.4 Å². The van der Waals surface area contributed by atoms with E-state index in [4.69, 9.17) is 4.74 Å². The SMILES string of the molecule is O=CN(C(CC(=O)CF)C(=O)O)[C@@H](Oc1cccc2ccccc12)C(=O)N1CCc2ccccc21. The van der Waals surface area contributed by atoms with Crippen LogP contribution in [0.25, 0.3) is 10.8 Å². The Hall–Kier alpha value is -4.27. The van der Waals surface area contributed by atoms with E-state index in [0.717, 1.165) is 10.9 Å². The van der Waals surface area contributed by atoms with Crippen LogP contribution < -0.4 is 9.64 Å². The van der Waals surface area contributed by atoms with Crippen molar-refractivity contribution in [1.29, 1.82) is 0 Å². The zero-order chi connectivity index (χ0) is 24.9. The molecule has 180 valence electrons. The van der Waals surface area contributed by atoms with E-state index < -0.39 is 43.0 Å². The Bertz CT molecular complexity index is 1270. The quantitative estimate of drug-likeness (QED) is 0.355. The molecule has 0 spiro atoms. The summed E-state index contributed by atoms with van der Waals surface area (Å²) in [5.41, 5.74) is 1.55.